The number of pyridine rings is 2. The Balaban J connectivity index is 1.93. The molecule has 0 bridgehead atoms. The number of aromatic nitrogens is 2. The van der Waals surface area contributed by atoms with Crippen molar-refractivity contribution in [3.8, 4) is 11.3 Å². The second-order valence-electron chi connectivity index (χ2n) is 5.95. The summed E-state index contributed by atoms with van der Waals surface area (Å²) in [6.07, 6.45) is 1.81. The van der Waals surface area contributed by atoms with Gasteiger partial charge >= 0.3 is 0 Å². The first-order valence-electron chi connectivity index (χ1n) is 8.11. The maximum atomic E-state index is 12.3. The number of benzene rings is 2. The summed E-state index contributed by atoms with van der Waals surface area (Å²) in [5.74, 6) is 0.267. The Bertz CT molecular complexity index is 1090. The molecule has 0 aliphatic heterocycles. The summed E-state index contributed by atoms with van der Waals surface area (Å²) in [7, 11) is 0. The third-order valence-electron chi connectivity index (χ3n) is 4.25. The van der Waals surface area contributed by atoms with Crippen LogP contribution in [0.5, 0.6) is 0 Å². The number of nitrogens with two attached hydrogens (primary N) is 1. The number of anilines is 1. The number of nitrogen functional groups attached to an aromatic ring is 1. The Morgan fingerprint density at radius 1 is 0.920 bits per heavy atom. The van der Waals surface area contributed by atoms with Gasteiger partial charge < -0.3 is 10.3 Å². The molecule has 25 heavy (non-hydrogen) atoms. The first-order valence-corrected chi connectivity index (χ1v) is 8.11. The van der Waals surface area contributed by atoms with Crippen molar-refractivity contribution in [3.63, 3.8) is 0 Å². The van der Waals surface area contributed by atoms with E-state index in [1.165, 1.54) is 0 Å². The van der Waals surface area contributed by atoms with E-state index in [2.05, 4.69) is 17.1 Å². The molecule has 0 saturated heterocycles. The molecule has 0 atom stereocenters. The fraction of sp³-hybridized carbons (Fsp3) is 0.0476. The SMILES string of the molecule is Nc1nc(-c2ccccc2)cc2c1c(=O)ccn2Cc1ccccc1. The van der Waals surface area contributed by atoms with Crippen LogP contribution in [-0.2, 0) is 6.54 Å². The molecule has 0 radical (unpaired) electrons. The maximum absolute atomic E-state index is 12.3. The normalized spacial score (nSPS) is 10.9. The van der Waals surface area contributed by atoms with E-state index >= 15 is 0 Å². The van der Waals surface area contributed by atoms with Crippen LogP contribution < -0.4 is 11.2 Å². The van der Waals surface area contributed by atoms with Gasteiger partial charge in [-0.1, -0.05) is 60.7 Å². The van der Waals surface area contributed by atoms with E-state index in [0.29, 0.717) is 11.9 Å². The van der Waals surface area contributed by atoms with Crippen molar-refractivity contribution in [2.24, 2.45) is 0 Å². The minimum Gasteiger partial charge on any atom is -0.383 e. The Morgan fingerprint density at radius 3 is 2.32 bits per heavy atom. The zero-order chi connectivity index (χ0) is 17.2. The van der Waals surface area contributed by atoms with Gasteiger partial charge in [0, 0.05) is 24.4 Å². The maximum Gasteiger partial charge on any atom is 0.193 e. The molecule has 0 saturated carbocycles. The molecule has 0 aliphatic carbocycles. The standard InChI is InChI=1S/C21H17N3O/c22-21-20-18(13-17(23-21)16-9-5-2-6-10-16)24(12-11-19(20)25)14-15-7-3-1-4-8-15/h1-13H,14H2,(H2,22,23). The van der Waals surface area contributed by atoms with Crippen LogP contribution in [-0.4, -0.2) is 9.55 Å². The second kappa shape index (κ2) is 6.24. The summed E-state index contributed by atoms with van der Waals surface area (Å²) in [6, 6.07) is 23.4. The summed E-state index contributed by atoms with van der Waals surface area (Å²) in [6.45, 7) is 0.662. The average Bonchev–Trinajstić information content (AvgIpc) is 2.65. The van der Waals surface area contributed by atoms with Gasteiger partial charge in [0.05, 0.1) is 16.6 Å². The van der Waals surface area contributed by atoms with Crippen molar-refractivity contribution in [3.05, 3.63) is 94.8 Å². The zero-order valence-corrected chi connectivity index (χ0v) is 13.6. The molecule has 0 aliphatic rings. The molecule has 2 heterocycles. The zero-order valence-electron chi connectivity index (χ0n) is 13.6. The van der Waals surface area contributed by atoms with Crippen LogP contribution in [0.4, 0.5) is 5.82 Å². The molecule has 0 spiro atoms. The number of rotatable bonds is 3. The molecule has 2 N–H and O–H groups in total. The third-order valence-corrected chi connectivity index (χ3v) is 4.25. The van der Waals surface area contributed by atoms with Crippen LogP contribution in [0.1, 0.15) is 5.56 Å². The number of hydrogen-bond acceptors (Lipinski definition) is 3. The Morgan fingerprint density at radius 2 is 1.60 bits per heavy atom. The van der Waals surface area contributed by atoms with Crippen LogP contribution in [0.25, 0.3) is 22.2 Å². The smallest absolute Gasteiger partial charge is 0.193 e. The molecule has 0 fully saturated rings. The lowest BCUT2D eigenvalue weighted by atomic mass is 10.1. The Kier molecular flexibility index (Phi) is 3.78. The molecule has 0 unspecified atom stereocenters. The van der Waals surface area contributed by atoms with Crippen molar-refractivity contribution in [2.75, 3.05) is 5.73 Å². The third kappa shape index (κ3) is 2.90. The van der Waals surface area contributed by atoms with E-state index in [0.717, 1.165) is 22.3 Å². The average molecular weight is 327 g/mol. The highest BCUT2D eigenvalue weighted by atomic mass is 16.1. The number of nitrogens with zero attached hydrogens (tertiary/aromatic N) is 2. The minimum absolute atomic E-state index is 0.107. The monoisotopic (exact) mass is 327 g/mol. The summed E-state index contributed by atoms with van der Waals surface area (Å²) in [5, 5.41) is 0.470. The van der Waals surface area contributed by atoms with Gasteiger partial charge in [0.1, 0.15) is 5.82 Å². The molecular weight excluding hydrogens is 310 g/mol. The predicted octanol–water partition coefficient (Wildman–Crippen LogP) is 3.69. The van der Waals surface area contributed by atoms with E-state index in [4.69, 9.17) is 5.73 Å². The van der Waals surface area contributed by atoms with Gasteiger partial charge in [-0.05, 0) is 11.6 Å². The van der Waals surface area contributed by atoms with Crippen molar-refractivity contribution in [1.29, 1.82) is 0 Å². The molecule has 2 aromatic carbocycles. The van der Waals surface area contributed by atoms with Crippen LogP contribution >= 0.6 is 0 Å². The molecule has 4 nitrogen and oxygen atoms in total. The van der Waals surface area contributed by atoms with Crippen LogP contribution in [0.3, 0.4) is 0 Å². The first-order chi connectivity index (χ1) is 12.2. The van der Waals surface area contributed by atoms with Crippen molar-refractivity contribution < 1.29 is 0 Å². The highest BCUT2D eigenvalue weighted by molar-refractivity contribution is 5.91. The number of hydrogen-bond donors (Lipinski definition) is 1. The van der Waals surface area contributed by atoms with Crippen LogP contribution in [0, 0.1) is 0 Å². The largest absolute Gasteiger partial charge is 0.383 e. The highest BCUT2D eigenvalue weighted by Crippen LogP contribution is 2.24. The predicted molar refractivity (Wildman–Crippen MR) is 101 cm³/mol. The lowest BCUT2D eigenvalue weighted by molar-refractivity contribution is 0.825. The van der Waals surface area contributed by atoms with E-state index in [-0.39, 0.29) is 11.2 Å². The van der Waals surface area contributed by atoms with Crippen molar-refractivity contribution in [1.82, 2.24) is 9.55 Å². The van der Waals surface area contributed by atoms with Crippen molar-refractivity contribution >= 4 is 16.7 Å². The molecule has 4 aromatic rings. The van der Waals surface area contributed by atoms with Gasteiger partial charge in [-0.25, -0.2) is 4.98 Å². The van der Waals surface area contributed by atoms with E-state index < -0.39 is 0 Å². The highest BCUT2D eigenvalue weighted by Gasteiger charge is 2.11. The lowest BCUT2D eigenvalue weighted by Gasteiger charge is -2.13. The molecular formula is C21H17N3O. The molecule has 4 heteroatoms. The summed E-state index contributed by atoms with van der Waals surface area (Å²) in [4.78, 5) is 16.8. The summed E-state index contributed by atoms with van der Waals surface area (Å²) < 4.78 is 2.04. The molecule has 122 valence electrons. The van der Waals surface area contributed by atoms with Gasteiger partial charge in [0.25, 0.3) is 0 Å². The second-order valence-corrected chi connectivity index (χ2v) is 5.95. The van der Waals surface area contributed by atoms with Gasteiger partial charge in [0.2, 0.25) is 0 Å². The molecule has 2 aromatic heterocycles. The van der Waals surface area contributed by atoms with Crippen LogP contribution in [0.2, 0.25) is 0 Å². The topological polar surface area (TPSA) is 60.9 Å². The first kappa shape index (κ1) is 15.1. The van der Waals surface area contributed by atoms with E-state index in [1.807, 2.05) is 65.4 Å². The van der Waals surface area contributed by atoms with Gasteiger partial charge in [-0.3, -0.25) is 4.79 Å². The molecule has 4 rings (SSSR count). The number of fused-ring (bicyclic) bond motifs is 1. The minimum atomic E-state index is -0.107. The van der Waals surface area contributed by atoms with Gasteiger partial charge in [0.15, 0.2) is 5.43 Å². The van der Waals surface area contributed by atoms with Gasteiger partial charge in [-0.2, -0.15) is 0 Å². The fourth-order valence-corrected chi connectivity index (χ4v) is 3.03. The Labute approximate surface area is 145 Å². The van der Waals surface area contributed by atoms with Crippen molar-refractivity contribution in [2.45, 2.75) is 6.54 Å². The summed E-state index contributed by atoms with van der Waals surface area (Å²) >= 11 is 0. The van der Waals surface area contributed by atoms with E-state index in [1.54, 1.807) is 6.07 Å². The quantitative estimate of drug-likeness (QED) is 0.624. The lowest BCUT2D eigenvalue weighted by Crippen LogP contribution is -2.12. The molecule has 0 amide bonds. The van der Waals surface area contributed by atoms with Gasteiger partial charge in [-0.15, -0.1) is 0 Å². The fourth-order valence-electron chi connectivity index (χ4n) is 3.03. The van der Waals surface area contributed by atoms with Crippen LogP contribution in [0.15, 0.2) is 83.8 Å². The van der Waals surface area contributed by atoms with E-state index in [9.17, 15) is 4.79 Å². The summed E-state index contributed by atoms with van der Waals surface area (Å²) in [5.41, 5.74) is 9.71. The Hall–Kier alpha value is -3.40.